The third-order valence-corrected chi connectivity index (χ3v) is 8.48. The Labute approximate surface area is 202 Å². The summed E-state index contributed by atoms with van der Waals surface area (Å²) < 4.78 is 6.51. The number of halogens is 1. The fraction of sp³-hybridized carbons (Fsp3) is 0.360. The highest BCUT2D eigenvalue weighted by atomic mass is 35.5. The summed E-state index contributed by atoms with van der Waals surface area (Å²) in [4.78, 5) is 30.5. The van der Waals surface area contributed by atoms with E-state index in [9.17, 15) is 9.59 Å². The van der Waals surface area contributed by atoms with Crippen LogP contribution in [0.25, 0.3) is 10.1 Å². The van der Waals surface area contributed by atoms with Crippen molar-refractivity contribution in [1.82, 2.24) is 9.80 Å². The number of rotatable bonds is 4. The molecule has 6 rings (SSSR count). The number of methoxy groups -OCH3 is 1. The fourth-order valence-electron chi connectivity index (χ4n) is 5.65. The molecule has 33 heavy (non-hydrogen) atoms. The molecule has 3 amide bonds. The van der Waals surface area contributed by atoms with Gasteiger partial charge in [0, 0.05) is 36.8 Å². The standard InChI is InChI=1S/C25H25N3O3S.ClH/c1-31-17-9-8-15-6-7-16-13-27(14-20(16)19(15)12-17)10-11-28-24(29)23-22(26-25(28)30)18-4-2-3-5-21(18)32-23;/h2-5,8-9,12,16,20H,6-7,10-11,13-14H2,1H3,(H,26,30);1H/t16-,20+;/m0./s1. The maximum atomic E-state index is 13.1. The zero-order chi connectivity index (χ0) is 21.8. The first kappa shape index (κ1) is 22.3. The van der Waals surface area contributed by atoms with Crippen molar-refractivity contribution in [2.45, 2.75) is 18.8 Å². The highest BCUT2D eigenvalue weighted by molar-refractivity contribution is 7.21. The van der Waals surface area contributed by atoms with Crippen molar-refractivity contribution in [3.05, 3.63) is 58.5 Å². The van der Waals surface area contributed by atoms with Crippen molar-refractivity contribution in [3.63, 3.8) is 0 Å². The van der Waals surface area contributed by atoms with E-state index in [0.717, 1.165) is 47.6 Å². The Morgan fingerprint density at radius 1 is 1.12 bits per heavy atom. The number of nitrogens with two attached hydrogens (primary N) is 1. The van der Waals surface area contributed by atoms with E-state index in [0.29, 0.717) is 23.3 Å². The number of likely N-dealkylation sites (tertiary alicyclic amines) is 1. The van der Waals surface area contributed by atoms with E-state index < -0.39 is 0 Å². The van der Waals surface area contributed by atoms with Gasteiger partial charge in [0.05, 0.1) is 12.5 Å². The van der Waals surface area contributed by atoms with Gasteiger partial charge < -0.3 is 22.0 Å². The fourth-order valence-corrected chi connectivity index (χ4v) is 6.78. The van der Waals surface area contributed by atoms with E-state index in [1.54, 1.807) is 12.4 Å². The minimum absolute atomic E-state index is 0. The van der Waals surface area contributed by atoms with Gasteiger partial charge in [-0.2, -0.15) is 0 Å². The number of fused-ring (bicyclic) bond motifs is 6. The molecule has 3 aromatic rings. The summed E-state index contributed by atoms with van der Waals surface area (Å²) in [5.74, 6) is 1.90. The van der Waals surface area contributed by atoms with Gasteiger partial charge in [0.1, 0.15) is 5.75 Å². The highest BCUT2D eigenvalue weighted by Gasteiger charge is 2.41. The lowest BCUT2D eigenvalue weighted by Crippen LogP contribution is -3.00. The van der Waals surface area contributed by atoms with Gasteiger partial charge in [0.25, 0.3) is 5.91 Å². The quantitative estimate of drug-likeness (QED) is 0.581. The lowest BCUT2D eigenvalue weighted by atomic mass is 9.77. The minimum Gasteiger partial charge on any atom is -1.00 e. The summed E-state index contributed by atoms with van der Waals surface area (Å²) in [6, 6.07) is 14.2. The Balaban J connectivity index is 0.00000228. The number of hydrogen-bond acceptors (Lipinski definition) is 5. The number of thiophene rings is 1. The molecule has 8 heteroatoms. The van der Waals surface area contributed by atoms with Crippen LogP contribution >= 0.6 is 11.3 Å². The molecule has 3 aliphatic rings. The highest BCUT2D eigenvalue weighted by Crippen LogP contribution is 2.42. The van der Waals surface area contributed by atoms with E-state index in [4.69, 9.17) is 4.74 Å². The Morgan fingerprint density at radius 3 is 2.82 bits per heavy atom. The van der Waals surface area contributed by atoms with Crippen LogP contribution in [0.5, 0.6) is 5.75 Å². The van der Waals surface area contributed by atoms with Gasteiger partial charge >= 0.3 is 6.03 Å². The number of primary amides is 1. The average Bonchev–Trinajstić information content (AvgIpc) is 3.40. The van der Waals surface area contributed by atoms with E-state index in [2.05, 4.69) is 23.1 Å². The average molecular weight is 484 g/mol. The third kappa shape index (κ3) is 3.73. The van der Waals surface area contributed by atoms with Gasteiger partial charge in [-0.3, -0.25) is 4.79 Å². The molecule has 0 saturated carbocycles. The first-order valence-electron chi connectivity index (χ1n) is 11.2. The molecule has 6 nitrogen and oxygen atoms in total. The van der Waals surface area contributed by atoms with Crippen LogP contribution in [0.2, 0.25) is 0 Å². The molecule has 0 radical (unpaired) electrons. The monoisotopic (exact) mass is 483 g/mol. The Bertz CT molecular complexity index is 1240. The maximum Gasteiger partial charge on any atom is 0.428 e. The van der Waals surface area contributed by atoms with E-state index in [-0.39, 0.29) is 24.3 Å². The second-order valence-electron chi connectivity index (χ2n) is 9.01. The topological polar surface area (TPSA) is 66.5 Å². The van der Waals surface area contributed by atoms with Crippen molar-refractivity contribution in [3.8, 4) is 5.75 Å². The van der Waals surface area contributed by atoms with Gasteiger partial charge in [0.2, 0.25) is 0 Å². The van der Waals surface area contributed by atoms with Crippen LogP contribution in [0.4, 0.5) is 10.5 Å². The molecule has 3 heterocycles. The van der Waals surface area contributed by atoms with Crippen LogP contribution in [-0.4, -0.2) is 55.0 Å². The van der Waals surface area contributed by atoms with E-state index in [1.165, 1.54) is 33.8 Å². The maximum absolute atomic E-state index is 13.1. The lowest BCUT2D eigenvalue weighted by molar-refractivity contribution is -0.471. The van der Waals surface area contributed by atoms with E-state index in [1.807, 2.05) is 24.3 Å². The first-order valence-corrected chi connectivity index (χ1v) is 12.1. The van der Waals surface area contributed by atoms with Gasteiger partial charge in [0.15, 0.2) is 10.6 Å². The first-order chi connectivity index (χ1) is 15.6. The molecular formula is C25H26ClN3O3S. The van der Waals surface area contributed by atoms with Crippen LogP contribution in [0, 0.1) is 5.92 Å². The summed E-state index contributed by atoms with van der Waals surface area (Å²) in [7, 11) is 1.72. The largest absolute Gasteiger partial charge is 1.00 e. The number of quaternary nitrogens is 1. The van der Waals surface area contributed by atoms with E-state index >= 15 is 0 Å². The number of urea groups is 1. The molecule has 1 aromatic heterocycles. The number of amides is 3. The predicted octanol–water partition coefficient (Wildman–Crippen LogP) is 0.346. The molecule has 2 N–H and O–H groups in total. The van der Waals surface area contributed by atoms with Crippen LogP contribution in [0.1, 0.15) is 33.1 Å². The Kier molecular flexibility index (Phi) is 5.91. The molecule has 172 valence electrons. The molecule has 1 fully saturated rings. The number of aryl methyl sites for hydroxylation is 1. The molecule has 1 saturated heterocycles. The van der Waals surface area contributed by atoms with Crippen molar-refractivity contribution in [2.75, 3.05) is 33.3 Å². The molecule has 1 aliphatic carbocycles. The molecular weight excluding hydrogens is 458 g/mol. The summed E-state index contributed by atoms with van der Waals surface area (Å²) in [6.07, 6.45) is 2.31. The van der Waals surface area contributed by atoms with Crippen LogP contribution in [-0.2, 0) is 6.42 Å². The number of carbonyl (C=O) groups excluding carboxylic acids is 2. The Morgan fingerprint density at radius 2 is 1.97 bits per heavy atom. The second-order valence-corrected chi connectivity index (χ2v) is 10.1. The number of nitrogens with zero attached hydrogens (tertiary/aromatic N) is 2. The van der Waals surface area contributed by atoms with Crippen LogP contribution in [0.15, 0.2) is 42.5 Å². The second kappa shape index (κ2) is 8.72. The molecule has 0 bridgehead atoms. The summed E-state index contributed by atoms with van der Waals surface area (Å²) >= 11 is 1.48. The van der Waals surface area contributed by atoms with Crippen molar-refractivity contribution >= 4 is 39.0 Å². The molecule has 2 aliphatic heterocycles. The zero-order valence-electron chi connectivity index (χ0n) is 18.4. The van der Waals surface area contributed by atoms with Crippen molar-refractivity contribution in [1.29, 1.82) is 0 Å². The number of hydrogen-bond donors (Lipinski definition) is 1. The van der Waals surface area contributed by atoms with Gasteiger partial charge in [-0.05, 0) is 54.2 Å². The number of carbonyl (C=O) groups is 2. The SMILES string of the molecule is COc1ccc2c(c1)[C@@H]1CN(CCN3C(=O)[NH2+]c4c(sc5ccccc45)C3=O)C[C@@H]1CC2.[Cl-]. The van der Waals surface area contributed by atoms with Gasteiger partial charge in [-0.25, -0.2) is 15.0 Å². The number of ether oxygens (including phenoxy) is 1. The lowest BCUT2D eigenvalue weighted by Gasteiger charge is -2.27. The van der Waals surface area contributed by atoms with Crippen molar-refractivity contribution in [2.24, 2.45) is 5.92 Å². The van der Waals surface area contributed by atoms with Crippen LogP contribution < -0.4 is 22.5 Å². The summed E-state index contributed by atoms with van der Waals surface area (Å²) in [6.45, 7) is 3.15. The summed E-state index contributed by atoms with van der Waals surface area (Å²) in [5, 5.41) is 2.63. The predicted molar refractivity (Wildman–Crippen MR) is 124 cm³/mol. The molecule has 0 spiro atoms. The van der Waals surface area contributed by atoms with Crippen LogP contribution in [0.3, 0.4) is 0 Å². The normalized spacial score (nSPS) is 22.0. The number of benzene rings is 2. The zero-order valence-corrected chi connectivity index (χ0v) is 20.0. The van der Waals surface area contributed by atoms with Gasteiger partial charge in [-0.15, -0.1) is 11.3 Å². The van der Waals surface area contributed by atoms with Gasteiger partial charge in [-0.1, -0.05) is 18.2 Å². The Hall–Kier alpha value is -2.45. The summed E-state index contributed by atoms with van der Waals surface area (Å²) in [5.41, 5.74) is 3.63. The molecule has 2 aromatic carbocycles. The molecule has 0 unspecified atom stereocenters. The van der Waals surface area contributed by atoms with Crippen molar-refractivity contribution < 1.29 is 32.0 Å². The molecule has 2 atom stereocenters. The third-order valence-electron chi connectivity index (χ3n) is 7.30. The smallest absolute Gasteiger partial charge is 0.428 e. The minimum atomic E-state index is -0.197. The number of imide groups is 1.